The molecular weight excluding hydrogens is 323 g/mol. The fourth-order valence-electron chi connectivity index (χ4n) is 0. The van der Waals surface area contributed by atoms with Crippen LogP contribution in [-0.4, -0.2) is 22.7 Å². The Bertz CT molecular complexity index is 11.6. The van der Waals surface area contributed by atoms with E-state index < -0.39 is 22.7 Å². The fraction of sp³-hybridized carbons (Fsp3) is 1.00. The van der Waals surface area contributed by atoms with Gasteiger partial charge in [-0.3, -0.25) is 0 Å². The maximum atomic E-state index is 2.38. The quantitative estimate of drug-likeness (QED) is 0.468. The summed E-state index contributed by atoms with van der Waals surface area (Å²) in [5.74, 6) is 0. The van der Waals surface area contributed by atoms with Gasteiger partial charge in [-0.1, -0.05) is 0 Å². The standard InChI is InChI=1S/3CH3.BrH.Pb/h3*1H3;1H;/p-1. The molecule has 0 rings (SSSR count). The van der Waals surface area contributed by atoms with E-state index in [1.54, 1.807) is 0 Å². The first-order valence-corrected chi connectivity index (χ1v) is 13.2. The molecule has 0 aliphatic heterocycles. The van der Waals surface area contributed by atoms with Crippen molar-refractivity contribution in [2.24, 2.45) is 0 Å². The van der Waals surface area contributed by atoms with Crippen LogP contribution in [0.25, 0.3) is 0 Å². The topological polar surface area (TPSA) is 0 Å². The number of hydrogen-bond donors (Lipinski definition) is 0. The van der Waals surface area contributed by atoms with Gasteiger partial charge in [-0.05, 0) is 0 Å². The normalized spacial score (nSPS) is 7.20. The minimum absolute atomic E-state index is 0. The molecule has 0 aromatic carbocycles. The molecule has 0 nitrogen and oxygen atoms in total. The van der Waals surface area contributed by atoms with Crippen LogP contribution in [0.15, 0.2) is 0 Å². The van der Waals surface area contributed by atoms with E-state index >= 15 is 0 Å². The Morgan fingerprint density at radius 2 is 1.00 bits per heavy atom. The van der Waals surface area contributed by atoms with Crippen LogP contribution in [0.1, 0.15) is 0 Å². The van der Waals surface area contributed by atoms with Crippen LogP contribution >= 0.6 is 0 Å². The van der Waals surface area contributed by atoms with Crippen LogP contribution in [0.4, 0.5) is 0 Å². The Hall–Kier alpha value is 1.40. The molecule has 0 saturated carbocycles. The van der Waals surface area contributed by atoms with Crippen molar-refractivity contribution in [2.45, 2.75) is 13.4 Å². The van der Waals surface area contributed by atoms with Crippen LogP contribution in [-0.2, 0) is 0 Å². The van der Waals surface area contributed by atoms with Gasteiger partial charge in [0.05, 0.1) is 0 Å². The Balaban J connectivity index is 0. The van der Waals surface area contributed by atoms with E-state index in [0.29, 0.717) is 0 Å². The predicted octanol–water partition coefficient (Wildman–Crippen LogP) is -1.63. The van der Waals surface area contributed by atoms with Gasteiger partial charge >= 0.3 is 36.2 Å². The number of rotatable bonds is 0. The summed E-state index contributed by atoms with van der Waals surface area (Å²) in [4.78, 5) is 0. The van der Waals surface area contributed by atoms with Crippen LogP contribution in [0.3, 0.4) is 0 Å². The van der Waals surface area contributed by atoms with Crippen molar-refractivity contribution in [2.75, 3.05) is 0 Å². The molecule has 0 heterocycles. The molecular formula is C3H9BrPb-. The average molecular weight is 332 g/mol. The number of hydrogen-bond acceptors (Lipinski definition) is 0. The molecule has 0 aliphatic rings. The molecule has 2 heteroatoms. The Labute approximate surface area is 52.9 Å². The minimum atomic E-state index is -0.657. The van der Waals surface area contributed by atoms with E-state index in [1.807, 2.05) is 0 Å². The summed E-state index contributed by atoms with van der Waals surface area (Å²) in [6.07, 6.45) is 0. The zero-order valence-electron chi connectivity index (χ0n) is 3.88. The molecule has 33 valence electrons. The molecule has 1 radical (unpaired) electrons. The van der Waals surface area contributed by atoms with Crippen molar-refractivity contribution < 1.29 is 17.0 Å². The molecule has 0 atom stereocenters. The van der Waals surface area contributed by atoms with Gasteiger partial charge in [0.25, 0.3) is 0 Å². The van der Waals surface area contributed by atoms with Crippen molar-refractivity contribution in [3.63, 3.8) is 0 Å². The van der Waals surface area contributed by atoms with Gasteiger partial charge in [-0.15, -0.1) is 0 Å². The molecule has 0 aromatic heterocycles. The molecule has 0 amide bonds. The zero-order chi connectivity index (χ0) is 3.58. The van der Waals surface area contributed by atoms with Crippen LogP contribution in [0.2, 0.25) is 13.4 Å². The second-order valence-corrected chi connectivity index (χ2v) is 13.2. The molecule has 5 heavy (non-hydrogen) atoms. The summed E-state index contributed by atoms with van der Waals surface area (Å²) in [5.41, 5.74) is 0. The summed E-state index contributed by atoms with van der Waals surface area (Å²) < 4.78 is 7.14. The third kappa shape index (κ3) is 31.8. The first kappa shape index (κ1) is 9.64. The van der Waals surface area contributed by atoms with Crippen molar-refractivity contribution in [1.82, 2.24) is 0 Å². The molecule has 0 saturated heterocycles. The second-order valence-electron chi connectivity index (χ2n) is 1.50. The molecule has 0 N–H and O–H groups in total. The van der Waals surface area contributed by atoms with E-state index in [9.17, 15) is 0 Å². The summed E-state index contributed by atoms with van der Waals surface area (Å²) in [5, 5.41) is 0. The monoisotopic (exact) mass is 332 g/mol. The third-order valence-corrected chi connectivity index (χ3v) is 0. The zero-order valence-corrected chi connectivity index (χ0v) is 9.35. The van der Waals surface area contributed by atoms with Gasteiger partial charge in [-0.2, -0.15) is 0 Å². The molecule has 0 bridgehead atoms. The molecule has 0 spiro atoms. The summed E-state index contributed by atoms with van der Waals surface area (Å²) in [6.45, 7) is 0. The second kappa shape index (κ2) is 5.40. The van der Waals surface area contributed by atoms with Crippen LogP contribution < -0.4 is 17.0 Å². The maximum absolute atomic E-state index is 2.38. The van der Waals surface area contributed by atoms with Crippen LogP contribution in [0, 0.1) is 0 Å². The molecule has 0 aliphatic carbocycles. The fourth-order valence-corrected chi connectivity index (χ4v) is 0. The van der Waals surface area contributed by atoms with Crippen molar-refractivity contribution in [3.05, 3.63) is 0 Å². The predicted molar refractivity (Wildman–Crippen MR) is 23.3 cm³/mol. The third-order valence-electron chi connectivity index (χ3n) is 0. The Kier molecular flexibility index (Phi) is 10.4. The average Bonchev–Trinajstić information content (AvgIpc) is 0.811. The number of halogens is 1. The van der Waals surface area contributed by atoms with Gasteiger partial charge < -0.3 is 17.0 Å². The van der Waals surface area contributed by atoms with Gasteiger partial charge in [0.2, 0.25) is 0 Å². The van der Waals surface area contributed by atoms with Crippen LogP contribution in [0.5, 0.6) is 0 Å². The van der Waals surface area contributed by atoms with Crippen molar-refractivity contribution >= 4 is 22.7 Å². The van der Waals surface area contributed by atoms with Crippen molar-refractivity contribution in [1.29, 1.82) is 0 Å². The summed E-state index contributed by atoms with van der Waals surface area (Å²) in [6, 6.07) is 0. The SMILES string of the molecule is [Br-].[CH3][Pb]([CH3])[CH3]. The Morgan fingerprint density at radius 3 is 1.00 bits per heavy atom. The molecule has 0 unspecified atom stereocenters. The molecule has 0 fully saturated rings. The first-order chi connectivity index (χ1) is 1.73. The van der Waals surface area contributed by atoms with E-state index in [2.05, 4.69) is 13.4 Å². The van der Waals surface area contributed by atoms with E-state index in [4.69, 9.17) is 0 Å². The first-order valence-electron chi connectivity index (χ1n) is 1.50. The summed E-state index contributed by atoms with van der Waals surface area (Å²) in [7, 11) is 0. The van der Waals surface area contributed by atoms with Crippen molar-refractivity contribution in [3.8, 4) is 0 Å². The Morgan fingerprint density at radius 1 is 1.00 bits per heavy atom. The van der Waals surface area contributed by atoms with Gasteiger partial charge in [0.1, 0.15) is 0 Å². The molecule has 0 aromatic rings. The van der Waals surface area contributed by atoms with E-state index in [0.717, 1.165) is 0 Å². The van der Waals surface area contributed by atoms with E-state index in [-0.39, 0.29) is 17.0 Å². The van der Waals surface area contributed by atoms with Gasteiger partial charge in [0.15, 0.2) is 0 Å². The summed E-state index contributed by atoms with van der Waals surface area (Å²) >= 11 is -0.657. The van der Waals surface area contributed by atoms with Gasteiger partial charge in [-0.25, -0.2) is 0 Å². The van der Waals surface area contributed by atoms with E-state index in [1.165, 1.54) is 0 Å². The van der Waals surface area contributed by atoms with Gasteiger partial charge in [0, 0.05) is 0 Å².